The van der Waals surface area contributed by atoms with Crippen LogP contribution in [-0.4, -0.2) is 66.8 Å². The normalized spacial score (nSPS) is 19.8. The Morgan fingerprint density at radius 2 is 1.94 bits per heavy atom. The molecule has 1 aliphatic heterocycles. The van der Waals surface area contributed by atoms with E-state index >= 15 is 0 Å². The molecule has 4 heterocycles. The number of nitrogens with zero attached hydrogens (tertiary/aromatic N) is 4. The highest BCUT2D eigenvalue weighted by atomic mass is 35.5. The molecule has 0 spiro atoms. The number of amides is 1. The van der Waals surface area contributed by atoms with Crippen molar-refractivity contribution in [3.63, 3.8) is 0 Å². The Balaban J connectivity index is 0.000000509. The van der Waals surface area contributed by atoms with Gasteiger partial charge in [-0.2, -0.15) is 0 Å². The third-order valence-corrected chi connectivity index (χ3v) is 6.87. The third-order valence-electron chi connectivity index (χ3n) is 5.33. The van der Waals surface area contributed by atoms with Gasteiger partial charge in [-0.3, -0.25) is 9.00 Å². The number of hydrogen-bond donors (Lipinski definition) is 1. The molecule has 0 aliphatic carbocycles. The molecule has 3 aromatic heterocycles. The molecule has 3 aromatic rings. The zero-order valence-corrected chi connectivity index (χ0v) is 21.0. The van der Waals surface area contributed by atoms with Gasteiger partial charge in [0.1, 0.15) is 12.1 Å². The van der Waals surface area contributed by atoms with Crippen molar-refractivity contribution >= 4 is 39.3 Å². The maximum absolute atomic E-state index is 12.9. The lowest BCUT2D eigenvalue weighted by Crippen LogP contribution is -2.50. The summed E-state index contributed by atoms with van der Waals surface area (Å²) in [6.45, 7) is 1.52. The van der Waals surface area contributed by atoms with Crippen molar-refractivity contribution in [2.75, 3.05) is 25.2 Å². The van der Waals surface area contributed by atoms with Crippen molar-refractivity contribution in [2.24, 2.45) is 7.05 Å². The van der Waals surface area contributed by atoms with Gasteiger partial charge < -0.3 is 19.4 Å². The number of imidazole rings is 1. The van der Waals surface area contributed by atoms with E-state index in [0.29, 0.717) is 52.2 Å². The molecule has 9 nitrogen and oxygen atoms in total. The number of ether oxygens (including phenoxy) is 2. The van der Waals surface area contributed by atoms with Crippen molar-refractivity contribution in [1.82, 2.24) is 24.8 Å². The first-order valence-electron chi connectivity index (χ1n) is 10.7. The van der Waals surface area contributed by atoms with Crippen LogP contribution in [0.3, 0.4) is 0 Å². The number of fused-ring (bicyclic) bond motifs is 1. The summed E-state index contributed by atoms with van der Waals surface area (Å²) in [7, 11) is 2.22. The van der Waals surface area contributed by atoms with E-state index in [9.17, 15) is 17.8 Å². The average molecular weight is 530 g/mol. The molecule has 1 fully saturated rings. The summed E-state index contributed by atoms with van der Waals surface area (Å²) >= 11 is 5.83. The molecule has 0 aromatic carbocycles. The zero-order valence-electron chi connectivity index (χ0n) is 19.5. The summed E-state index contributed by atoms with van der Waals surface area (Å²) in [5.41, 5.74) is 0.920. The molecule has 13 heteroatoms. The van der Waals surface area contributed by atoms with Gasteiger partial charge in [-0.25, -0.2) is 23.7 Å². The first kappa shape index (κ1) is 26.9. The summed E-state index contributed by atoms with van der Waals surface area (Å²) in [5, 5.41) is 3.58. The molecule has 4 rings (SSSR count). The number of aryl methyl sites for hydroxylation is 1. The zero-order chi connectivity index (χ0) is 25.6. The molecule has 0 radical (unpaired) electrons. The Hall–Kier alpha value is -2.70. The number of hydrogen-bond acceptors (Lipinski definition) is 7. The maximum Gasteiger partial charge on any atom is 0.287 e. The third kappa shape index (κ3) is 7.39. The first-order valence-corrected chi connectivity index (χ1v) is 12.5. The molecular weight excluding hydrogens is 504 g/mol. The highest BCUT2D eigenvalue weighted by molar-refractivity contribution is 7.85. The van der Waals surface area contributed by atoms with Crippen LogP contribution >= 0.6 is 11.6 Å². The Morgan fingerprint density at radius 1 is 1.26 bits per heavy atom. The summed E-state index contributed by atoms with van der Waals surface area (Å²) < 4.78 is 44.9. The van der Waals surface area contributed by atoms with E-state index in [2.05, 4.69) is 25.0 Å². The summed E-state index contributed by atoms with van der Waals surface area (Å²) in [5.74, 6) is 1.93. The van der Waals surface area contributed by atoms with Gasteiger partial charge >= 0.3 is 0 Å². The average Bonchev–Trinajstić information content (AvgIpc) is 3.14. The van der Waals surface area contributed by atoms with E-state index in [0.717, 1.165) is 0 Å². The maximum atomic E-state index is 12.9. The second-order valence-corrected chi connectivity index (χ2v) is 10.3. The molecule has 0 bridgehead atoms. The fourth-order valence-electron chi connectivity index (χ4n) is 3.35. The summed E-state index contributed by atoms with van der Waals surface area (Å²) in [6, 6.07) is 5.03. The number of carbonyl (C=O) groups excluding carboxylic acids is 1. The van der Waals surface area contributed by atoms with E-state index in [1.165, 1.54) is 13.3 Å². The Morgan fingerprint density at radius 3 is 2.51 bits per heavy atom. The van der Waals surface area contributed by atoms with Gasteiger partial charge in [-0.15, -0.1) is 0 Å². The minimum Gasteiger partial charge on any atom is -0.421 e. The SMILES string of the molecule is COCC(F)F.Cn1c(C(=O)NC2(C)CCS(=O)CC2)nc2cnc(Oc3ccc(Cl)cn3)cc21. The largest absolute Gasteiger partial charge is 0.421 e. The molecule has 0 unspecified atom stereocenters. The smallest absolute Gasteiger partial charge is 0.287 e. The van der Waals surface area contributed by atoms with Gasteiger partial charge in [0.25, 0.3) is 12.3 Å². The molecule has 190 valence electrons. The highest BCUT2D eigenvalue weighted by Gasteiger charge is 2.32. The molecule has 1 N–H and O–H groups in total. The molecule has 0 atom stereocenters. The van der Waals surface area contributed by atoms with Crippen molar-refractivity contribution in [2.45, 2.75) is 31.7 Å². The molecule has 1 aliphatic rings. The van der Waals surface area contributed by atoms with Crippen LogP contribution in [0.4, 0.5) is 8.78 Å². The molecule has 1 saturated heterocycles. The van der Waals surface area contributed by atoms with Gasteiger partial charge in [0, 0.05) is 60.3 Å². The number of pyridine rings is 2. The topological polar surface area (TPSA) is 108 Å². The fraction of sp³-hybridized carbons (Fsp3) is 0.455. The van der Waals surface area contributed by atoms with Crippen LogP contribution in [0.15, 0.2) is 30.6 Å². The predicted octanol–water partition coefficient (Wildman–Crippen LogP) is 3.74. The number of nitrogens with one attached hydrogen (secondary N) is 1. The van der Waals surface area contributed by atoms with Crippen LogP contribution < -0.4 is 10.1 Å². The van der Waals surface area contributed by atoms with Crippen LogP contribution in [0.1, 0.15) is 30.4 Å². The van der Waals surface area contributed by atoms with Gasteiger partial charge in [0.15, 0.2) is 5.82 Å². The first-order chi connectivity index (χ1) is 16.6. The Bertz CT molecular complexity index is 1180. The van der Waals surface area contributed by atoms with Gasteiger partial charge in [-0.05, 0) is 25.8 Å². The monoisotopic (exact) mass is 529 g/mol. The lowest BCUT2D eigenvalue weighted by molar-refractivity contribution is 0.0425. The van der Waals surface area contributed by atoms with E-state index in [1.807, 2.05) is 6.92 Å². The number of halogens is 3. The van der Waals surface area contributed by atoms with E-state index < -0.39 is 23.8 Å². The number of alkyl halides is 2. The second-order valence-electron chi connectivity index (χ2n) is 8.13. The lowest BCUT2D eigenvalue weighted by atomic mass is 9.95. The van der Waals surface area contributed by atoms with Crippen LogP contribution in [0, 0.1) is 0 Å². The standard InChI is InChI=1S/C19H20ClN5O3S.C3H6F2O/c1-19(5-7-29(27)8-6-19)24-18(26)17-23-13-11-22-16(9-14(13)25(17)2)28-15-4-3-12(20)10-21-15;1-6-2-3(4)5/h3-4,9-11H,5-8H2,1-2H3,(H,24,26);3H,2H2,1H3. The van der Waals surface area contributed by atoms with Crippen LogP contribution in [0.25, 0.3) is 11.0 Å². The highest BCUT2D eigenvalue weighted by Crippen LogP contribution is 2.25. The quantitative estimate of drug-likeness (QED) is 0.518. The number of carbonyl (C=O) groups is 1. The Kier molecular flexibility index (Phi) is 9.09. The minimum absolute atomic E-state index is 0.263. The van der Waals surface area contributed by atoms with Crippen molar-refractivity contribution in [3.05, 3.63) is 41.4 Å². The summed E-state index contributed by atoms with van der Waals surface area (Å²) in [6.07, 6.45) is 2.09. The molecular formula is C22H26ClF2N5O4S. The van der Waals surface area contributed by atoms with Gasteiger partial charge in [-0.1, -0.05) is 11.6 Å². The van der Waals surface area contributed by atoms with Gasteiger partial charge in [0.2, 0.25) is 11.8 Å². The number of rotatable bonds is 6. The molecule has 35 heavy (non-hydrogen) atoms. The number of methoxy groups -OCH3 is 1. The molecule has 1 amide bonds. The minimum atomic E-state index is -2.32. The molecule has 0 saturated carbocycles. The Labute approximate surface area is 208 Å². The van der Waals surface area contributed by atoms with Crippen LogP contribution in [-0.2, 0) is 22.6 Å². The lowest BCUT2D eigenvalue weighted by Gasteiger charge is -2.33. The van der Waals surface area contributed by atoms with E-state index in [1.54, 1.807) is 36.0 Å². The second kappa shape index (κ2) is 11.8. The number of aromatic nitrogens is 4. The van der Waals surface area contributed by atoms with E-state index in [4.69, 9.17) is 16.3 Å². The van der Waals surface area contributed by atoms with Crippen LogP contribution in [0.5, 0.6) is 11.8 Å². The van der Waals surface area contributed by atoms with Crippen molar-refractivity contribution < 1.29 is 27.3 Å². The fourth-order valence-corrected chi connectivity index (χ4v) is 5.02. The van der Waals surface area contributed by atoms with Crippen LogP contribution in [0.2, 0.25) is 5.02 Å². The van der Waals surface area contributed by atoms with Crippen molar-refractivity contribution in [3.8, 4) is 11.8 Å². The summed E-state index contributed by atoms with van der Waals surface area (Å²) in [4.78, 5) is 25.6. The van der Waals surface area contributed by atoms with Gasteiger partial charge in [0.05, 0.1) is 16.7 Å². The van der Waals surface area contributed by atoms with E-state index in [-0.39, 0.29) is 17.3 Å². The van der Waals surface area contributed by atoms with Crippen molar-refractivity contribution in [1.29, 1.82) is 0 Å². The predicted molar refractivity (Wildman–Crippen MR) is 129 cm³/mol.